The van der Waals surface area contributed by atoms with Gasteiger partial charge in [0.2, 0.25) is 0 Å². The van der Waals surface area contributed by atoms with Crippen LogP contribution in [0.2, 0.25) is 0 Å². The van der Waals surface area contributed by atoms with Crippen LogP contribution in [0.3, 0.4) is 0 Å². The van der Waals surface area contributed by atoms with Crippen molar-refractivity contribution in [2.45, 2.75) is 53.1 Å². The molecule has 0 amide bonds. The summed E-state index contributed by atoms with van der Waals surface area (Å²) in [5, 5.41) is 8.62. The first-order valence-corrected chi connectivity index (χ1v) is 8.48. The van der Waals surface area contributed by atoms with Gasteiger partial charge in [-0.25, -0.2) is 9.46 Å². The first-order valence-electron chi connectivity index (χ1n) is 7.35. The van der Waals surface area contributed by atoms with E-state index in [-0.39, 0.29) is 25.3 Å². The van der Waals surface area contributed by atoms with Gasteiger partial charge in [-0.2, -0.15) is 5.26 Å². The van der Waals surface area contributed by atoms with Crippen LogP contribution in [0.5, 0.6) is 0 Å². The molecule has 0 spiro atoms. The first-order chi connectivity index (χ1) is 10.3. The fourth-order valence-corrected chi connectivity index (χ4v) is 3.26. The minimum absolute atomic E-state index is 0.149. The van der Waals surface area contributed by atoms with Gasteiger partial charge in [0.05, 0.1) is 25.7 Å². The molecule has 0 aliphatic rings. The molecule has 1 atom stereocenters. The lowest BCUT2D eigenvalue weighted by Gasteiger charge is -2.35. The van der Waals surface area contributed by atoms with E-state index in [1.807, 2.05) is 6.07 Å². The lowest BCUT2D eigenvalue weighted by Crippen LogP contribution is -2.34. The Kier molecular flexibility index (Phi) is 11.0. The number of nitriles is 1. The number of rotatable bonds is 11. The first kappa shape index (κ1) is 21.0. The number of ether oxygens (including phenoxy) is 1. The van der Waals surface area contributed by atoms with Crippen LogP contribution in [0.4, 0.5) is 0 Å². The summed E-state index contributed by atoms with van der Waals surface area (Å²) in [4.78, 5) is 11.3. The molecule has 0 rings (SSSR count). The molecule has 6 nitrogen and oxygen atoms in total. The summed E-state index contributed by atoms with van der Waals surface area (Å²) in [6, 6.07) is 2.53. The number of hydrogen-bond donors (Lipinski definition) is 0. The predicted molar refractivity (Wildman–Crippen MR) is 86.9 cm³/mol. The highest BCUT2D eigenvalue weighted by atomic mass is 31.2. The van der Waals surface area contributed by atoms with Gasteiger partial charge in [0, 0.05) is 17.7 Å². The molecule has 126 valence electrons. The molecule has 0 saturated heterocycles. The third-order valence-corrected chi connectivity index (χ3v) is 4.64. The predicted octanol–water partition coefficient (Wildman–Crippen LogP) is 3.40. The van der Waals surface area contributed by atoms with Gasteiger partial charge in [0.1, 0.15) is 6.61 Å². The van der Waals surface area contributed by atoms with Gasteiger partial charge < -0.3 is 13.8 Å². The van der Waals surface area contributed by atoms with Crippen molar-refractivity contribution in [2.24, 2.45) is 0 Å². The molecule has 0 N–H and O–H groups in total. The zero-order valence-corrected chi connectivity index (χ0v) is 15.1. The Morgan fingerprint density at radius 3 is 2.18 bits per heavy atom. The van der Waals surface area contributed by atoms with Gasteiger partial charge in [-0.05, 0) is 34.6 Å². The second-order valence-corrected chi connectivity index (χ2v) is 6.75. The summed E-state index contributed by atoms with van der Waals surface area (Å²) in [7, 11) is -1.29. The van der Waals surface area contributed by atoms with E-state index < -0.39 is 14.5 Å². The van der Waals surface area contributed by atoms with Crippen molar-refractivity contribution in [3.63, 3.8) is 0 Å². The molecule has 1 unspecified atom stereocenters. The molecule has 0 aromatic carbocycles. The van der Waals surface area contributed by atoms with E-state index in [0.717, 1.165) is 0 Å². The third kappa shape index (κ3) is 8.45. The van der Waals surface area contributed by atoms with E-state index in [0.29, 0.717) is 18.6 Å². The zero-order chi connectivity index (χ0) is 17.1. The summed E-state index contributed by atoms with van der Waals surface area (Å²) in [6.07, 6.45) is 0.316. The Morgan fingerprint density at radius 1 is 1.18 bits per heavy atom. The number of hydrogen-bond acceptors (Lipinski definition) is 6. The molecular weight excluding hydrogens is 303 g/mol. The highest BCUT2D eigenvalue weighted by molar-refractivity contribution is 7.44. The van der Waals surface area contributed by atoms with Crippen LogP contribution in [0.1, 0.15) is 41.0 Å². The Balaban J connectivity index is 4.49. The Hall–Kier alpha value is -0.990. The second-order valence-electron chi connectivity index (χ2n) is 5.30. The SMILES string of the molecule is C=C(C)C(=O)OCCOP(OCCC#N)N(C(C)C)C(C)C. The topological polar surface area (TPSA) is 71.8 Å². The van der Waals surface area contributed by atoms with E-state index in [1.54, 1.807) is 6.92 Å². The maximum absolute atomic E-state index is 11.3. The average Bonchev–Trinajstić information content (AvgIpc) is 2.42. The standard InChI is InChI=1S/C15H27N2O4P/c1-12(2)15(18)19-10-11-21-22(20-9-7-8-16)17(13(3)4)14(5)6/h13-14H,1,7,9-11H2,2-6H3. The van der Waals surface area contributed by atoms with E-state index in [4.69, 9.17) is 19.0 Å². The van der Waals surface area contributed by atoms with E-state index in [1.165, 1.54) is 0 Å². The van der Waals surface area contributed by atoms with Crippen molar-refractivity contribution >= 4 is 14.5 Å². The molecule has 0 aliphatic carbocycles. The fraction of sp³-hybridized carbons (Fsp3) is 0.733. The van der Waals surface area contributed by atoms with Gasteiger partial charge in [-0.1, -0.05) is 6.58 Å². The van der Waals surface area contributed by atoms with Crippen molar-refractivity contribution in [2.75, 3.05) is 19.8 Å². The molecule has 0 heterocycles. The van der Waals surface area contributed by atoms with Crippen molar-refractivity contribution in [3.05, 3.63) is 12.2 Å². The number of carbonyl (C=O) groups excluding carboxylic acids is 1. The lowest BCUT2D eigenvalue weighted by molar-refractivity contribution is -0.139. The smallest absolute Gasteiger partial charge is 0.333 e. The van der Waals surface area contributed by atoms with Crippen LogP contribution < -0.4 is 0 Å². The van der Waals surface area contributed by atoms with Gasteiger partial charge >= 0.3 is 5.97 Å². The molecule has 0 aliphatic heterocycles. The van der Waals surface area contributed by atoms with Crippen LogP contribution in [0.15, 0.2) is 12.2 Å². The highest BCUT2D eigenvalue weighted by Gasteiger charge is 2.27. The van der Waals surface area contributed by atoms with Crippen molar-refractivity contribution in [1.82, 2.24) is 4.67 Å². The van der Waals surface area contributed by atoms with Crippen LogP contribution in [-0.4, -0.2) is 42.5 Å². The summed E-state index contributed by atoms with van der Waals surface area (Å²) in [6.45, 7) is 14.1. The van der Waals surface area contributed by atoms with Gasteiger partial charge in [-0.15, -0.1) is 0 Å². The summed E-state index contributed by atoms with van der Waals surface area (Å²) in [5.74, 6) is -0.428. The largest absolute Gasteiger partial charge is 0.460 e. The van der Waals surface area contributed by atoms with Crippen molar-refractivity contribution in [1.29, 1.82) is 5.26 Å². The van der Waals surface area contributed by atoms with Gasteiger partial charge in [0.15, 0.2) is 0 Å². The second kappa shape index (κ2) is 11.6. The minimum Gasteiger partial charge on any atom is -0.460 e. The number of carbonyl (C=O) groups is 1. The lowest BCUT2D eigenvalue weighted by atomic mass is 10.3. The van der Waals surface area contributed by atoms with Crippen LogP contribution >= 0.6 is 8.53 Å². The van der Waals surface area contributed by atoms with E-state index >= 15 is 0 Å². The molecule has 0 aromatic heterocycles. The van der Waals surface area contributed by atoms with Crippen LogP contribution in [0, 0.1) is 11.3 Å². The maximum atomic E-state index is 11.3. The van der Waals surface area contributed by atoms with Gasteiger partial charge in [0.25, 0.3) is 8.53 Å². The fourth-order valence-electron chi connectivity index (χ4n) is 1.69. The molecule has 0 radical (unpaired) electrons. The molecule has 0 saturated carbocycles. The number of nitrogens with zero attached hydrogens (tertiary/aromatic N) is 2. The highest BCUT2D eigenvalue weighted by Crippen LogP contribution is 2.45. The minimum atomic E-state index is -1.29. The Morgan fingerprint density at radius 2 is 1.73 bits per heavy atom. The van der Waals surface area contributed by atoms with Crippen LogP contribution in [0.25, 0.3) is 0 Å². The zero-order valence-electron chi connectivity index (χ0n) is 14.2. The quantitative estimate of drug-likeness (QED) is 0.250. The molecule has 7 heteroatoms. The number of esters is 1. The van der Waals surface area contributed by atoms with E-state index in [2.05, 4.69) is 38.9 Å². The van der Waals surface area contributed by atoms with E-state index in [9.17, 15) is 4.79 Å². The third-order valence-electron chi connectivity index (χ3n) is 2.53. The Bertz CT molecular complexity index is 385. The molecule has 0 fully saturated rings. The Labute approximate surface area is 135 Å². The molecule has 0 aromatic rings. The molecular formula is C15H27N2O4P. The van der Waals surface area contributed by atoms with Crippen LogP contribution in [-0.2, 0) is 18.6 Å². The normalized spacial score (nSPS) is 12.5. The molecule has 22 heavy (non-hydrogen) atoms. The average molecular weight is 330 g/mol. The monoisotopic (exact) mass is 330 g/mol. The van der Waals surface area contributed by atoms with Crippen molar-refractivity contribution < 1.29 is 18.6 Å². The summed E-state index contributed by atoms with van der Waals surface area (Å²) in [5.41, 5.74) is 0.360. The van der Waals surface area contributed by atoms with Crippen molar-refractivity contribution in [3.8, 4) is 6.07 Å². The maximum Gasteiger partial charge on any atom is 0.333 e. The summed E-state index contributed by atoms with van der Waals surface area (Å²) < 4.78 is 18.6. The van der Waals surface area contributed by atoms with Gasteiger partial charge in [-0.3, -0.25) is 0 Å². The summed E-state index contributed by atoms with van der Waals surface area (Å²) >= 11 is 0. The molecule has 0 bridgehead atoms.